The molecule has 3 aliphatic rings. The van der Waals surface area contributed by atoms with Gasteiger partial charge in [-0.15, -0.1) is 16.3 Å². The van der Waals surface area contributed by atoms with E-state index in [1.807, 2.05) is 10.6 Å². The average Bonchev–Trinajstić information content (AvgIpc) is 3.49. The number of fused-ring (bicyclic) bond motifs is 2. The van der Waals surface area contributed by atoms with Gasteiger partial charge >= 0.3 is 5.65 Å². The summed E-state index contributed by atoms with van der Waals surface area (Å²) >= 11 is 2.25. The lowest BCUT2D eigenvalue weighted by Crippen LogP contribution is -2.71. The summed E-state index contributed by atoms with van der Waals surface area (Å²) in [6.45, 7) is 0.234. The minimum Gasteiger partial charge on any atom is -0.543 e. The number of nitrogens with zero attached hydrogens (tertiary/aromatic N) is 7. The number of aliphatic carboxylic acids is 1. The second-order valence-electron chi connectivity index (χ2n) is 8.55. The Hall–Kier alpha value is -4.05. The van der Waals surface area contributed by atoms with E-state index < -0.39 is 29.2 Å². The molecule has 0 bridgehead atoms. The van der Waals surface area contributed by atoms with Gasteiger partial charge in [-0.3, -0.25) is 14.5 Å². The third-order valence-electron chi connectivity index (χ3n) is 6.01. The SMILES string of the molecule is Nc1nc(/C(=N/OC2CC2)C(=O)N[C@@H]2C(=O)N3C(C(=O)[O-])=C(C[n+]4ccn5ncccc54)CS[C@H]23)ns1. The number of carbonyl (C=O) groups excluding carboxylic acids is 3. The van der Waals surface area contributed by atoms with E-state index in [1.54, 1.807) is 29.2 Å². The van der Waals surface area contributed by atoms with Gasteiger partial charge in [-0.25, -0.2) is 4.57 Å². The Balaban J connectivity index is 1.22. The molecule has 1 saturated carbocycles. The van der Waals surface area contributed by atoms with E-state index >= 15 is 0 Å². The normalized spacial score (nSPS) is 21.6. The topological polar surface area (TPSA) is 184 Å². The van der Waals surface area contributed by atoms with Crippen molar-refractivity contribution in [3.05, 3.63) is 47.8 Å². The summed E-state index contributed by atoms with van der Waals surface area (Å²) in [6, 6.07) is 2.66. The van der Waals surface area contributed by atoms with E-state index in [4.69, 9.17) is 10.6 Å². The second-order valence-corrected chi connectivity index (χ2v) is 10.4. The highest BCUT2D eigenvalue weighted by atomic mass is 32.2. The highest BCUT2D eigenvalue weighted by Crippen LogP contribution is 2.40. The summed E-state index contributed by atoms with van der Waals surface area (Å²) in [5.74, 6) is -2.42. The van der Waals surface area contributed by atoms with Crippen LogP contribution in [0.2, 0.25) is 0 Å². The Morgan fingerprint density at radius 2 is 2.22 bits per heavy atom. The fourth-order valence-electron chi connectivity index (χ4n) is 4.10. The van der Waals surface area contributed by atoms with Crippen LogP contribution in [-0.2, 0) is 25.8 Å². The molecule has 1 saturated heterocycles. The van der Waals surface area contributed by atoms with Crippen molar-refractivity contribution in [2.75, 3.05) is 11.5 Å². The lowest BCUT2D eigenvalue weighted by Gasteiger charge is -2.50. The van der Waals surface area contributed by atoms with Crippen LogP contribution >= 0.6 is 23.3 Å². The number of β-lactam (4-membered cyclic amide) rings is 1. The van der Waals surface area contributed by atoms with Crippen LogP contribution < -0.4 is 20.7 Å². The van der Waals surface area contributed by atoms with E-state index in [9.17, 15) is 19.5 Å². The van der Waals surface area contributed by atoms with Crippen LogP contribution in [-0.4, -0.2) is 70.6 Å². The molecule has 0 aromatic carbocycles. The molecule has 190 valence electrons. The third-order valence-corrected chi connectivity index (χ3v) is 7.90. The van der Waals surface area contributed by atoms with Gasteiger partial charge in [-0.1, -0.05) is 10.3 Å². The summed E-state index contributed by atoms with van der Waals surface area (Å²) < 4.78 is 7.52. The van der Waals surface area contributed by atoms with Crippen molar-refractivity contribution in [1.29, 1.82) is 0 Å². The second kappa shape index (κ2) is 9.11. The highest BCUT2D eigenvalue weighted by molar-refractivity contribution is 8.00. The summed E-state index contributed by atoms with van der Waals surface area (Å²) in [7, 11) is 0. The minimum atomic E-state index is -1.46. The van der Waals surface area contributed by atoms with E-state index in [0.717, 1.165) is 34.9 Å². The number of oxime groups is 1. The van der Waals surface area contributed by atoms with Crippen LogP contribution in [0, 0.1) is 0 Å². The van der Waals surface area contributed by atoms with Gasteiger partial charge in [-0.05, 0) is 18.9 Å². The number of rotatable bonds is 8. The summed E-state index contributed by atoms with van der Waals surface area (Å²) in [5.41, 5.74) is 6.54. The molecule has 14 nitrogen and oxygen atoms in total. The largest absolute Gasteiger partial charge is 0.543 e. The number of carbonyl (C=O) groups is 3. The van der Waals surface area contributed by atoms with E-state index in [1.165, 1.54) is 11.8 Å². The number of carboxylic acids is 1. The molecule has 16 heteroatoms. The first-order valence-corrected chi connectivity index (χ1v) is 13.1. The standard InChI is InChI=1S/C21H19N9O5S2/c22-21-25-16(27-37-21)13(26-35-11-3-4-11)17(31)24-14-18(32)30-15(20(33)34)10(9-36-19(14)30)8-28-6-7-29-12(28)2-1-5-23-29/h1-2,5-7,11,14,19H,3-4,8-9H2,(H3-,22,24,25,27,31,33,34)/b26-13-/t14-,19-/m1/s1. The molecule has 3 N–H and O–H groups in total. The smallest absolute Gasteiger partial charge is 0.307 e. The Morgan fingerprint density at radius 3 is 2.95 bits per heavy atom. The molecule has 6 rings (SSSR count). The van der Waals surface area contributed by atoms with Crippen molar-refractivity contribution in [1.82, 2.24) is 29.2 Å². The predicted octanol–water partition coefficient (Wildman–Crippen LogP) is -1.96. The third kappa shape index (κ3) is 4.27. The number of amides is 2. The zero-order valence-corrected chi connectivity index (χ0v) is 20.6. The maximum Gasteiger partial charge on any atom is 0.307 e. The van der Waals surface area contributed by atoms with Gasteiger partial charge in [0.1, 0.15) is 30.3 Å². The lowest BCUT2D eigenvalue weighted by molar-refractivity contribution is -0.662. The first kappa shape index (κ1) is 23.4. The molecule has 5 heterocycles. The number of thioether (sulfide) groups is 1. The van der Waals surface area contributed by atoms with E-state index in [0.29, 0.717) is 11.3 Å². The molecule has 2 aliphatic heterocycles. The zero-order chi connectivity index (χ0) is 25.7. The number of anilines is 1. The van der Waals surface area contributed by atoms with Gasteiger partial charge in [0.05, 0.1) is 17.9 Å². The Bertz CT molecular complexity index is 1490. The van der Waals surface area contributed by atoms with Crippen molar-refractivity contribution in [3.8, 4) is 0 Å². The molecular weight excluding hydrogens is 522 g/mol. The number of nitrogens with one attached hydrogen (secondary N) is 1. The van der Waals surface area contributed by atoms with Crippen LogP contribution in [0.5, 0.6) is 0 Å². The summed E-state index contributed by atoms with van der Waals surface area (Å²) in [6.07, 6.45) is 6.76. The van der Waals surface area contributed by atoms with E-state index in [-0.39, 0.29) is 35.0 Å². The van der Waals surface area contributed by atoms with Gasteiger partial charge in [-0.2, -0.15) is 9.36 Å². The number of nitrogens with two attached hydrogens (primary N) is 1. The molecule has 2 atom stereocenters. The van der Waals surface area contributed by atoms with Crippen LogP contribution in [0.1, 0.15) is 18.7 Å². The first-order valence-electron chi connectivity index (χ1n) is 11.2. The molecule has 2 amide bonds. The molecule has 2 fully saturated rings. The van der Waals surface area contributed by atoms with Crippen LogP contribution in [0.15, 0.2) is 47.1 Å². The fourth-order valence-corrected chi connectivity index (χ4v) is 5.87. The lowest BCUT2D eigenvalue weighted by atomic mass is 10.0. The number of imidazole rings is 1. The Kier molecular flexibility index (Phi) is 5.75. The van der Waals surface area contributed by atoms with Crippen molar-refractivity contribution in [3.63, 3.8) is 0 Å². The highest BCUT2D eigenvalue weighted by Gasteiger charge is 2.53. The van der Waals surface area contributed by atoms with Crippen molar-refractivity contribution < 1.29 is 28.9 Å². The zero-order valence-electron chi connectivity index (χ0n) is 19.0. The molecule has 0 spiro atoms. The fraction of sp³-hybridized carbons (Fsp3) is 0.333. The van der Waals surface area contributed by atoms with Crippen LogP contribution in [0.4, 0.5) is 5.13 Å². The number of nitrogen functional groups attached to an aromatic ring is 1. The Labute approximate surface area is 216 Å². The van der Waals surface area contributed by atoms with Gasteiger partial charge in [0.25, 0.3) is 11.8 Å². The maximum atomic E-state index is 13.1. The predicted molar refractivity (Wildman–Crippen MR) is 127 cm³/mol. The number of aromatic nitrogens is 5. The molecule has 3 aromatic heterocycles. The van der Waals surface area contributed by atoms with Gasteiger partial charge in [0.2, 0.25) is 11.5 Å². The summed E-state index contributed by atoms with van der Waals surface area (Å²) in [4.78, 5) is 48.7. The van der Waals surface area contributed by atoms with Crippen molar-refractivity contribution in [2.45, 2.75) is 36.9 Å². The van der Waals surface area contributed by atoms with Crippen LogP contribution in [0.3, 0.4) is 0 Å². The molecule has 37 heavy (non-hydrogen) atoms. The number of hydrogen-bond donors (Lipinski definition) is 2. The molecule has 3 aromatic rings. The molecular formula is C21H19N9O5S2. The molecule has 1 aliphatic carbocycles. The average molecular weight is 542 g/mol. The van der Waals surface area contributed by atoms with Crippen molar-refractivity contribution >= 4 is 57.6 Å². The minimum absolute atomic E-state index is 0.00973. The summed E-state index contributed by atoms with van der Waals surface area (Å²) in [5, 5.41) is 22.4. The van der Waals surface area contributed by atoms with Crippen LogP contribution in [0.25, 0.3) is 5.65 Å². The maximum absolute atomic E-state index is 13.1. The molecule has 0 radical (unpaired) electrons. The Morgan fingerprint density at radius 1 is 1.38 bits per heavy atom. The van der Waals surface area contributed by atoms with Gasteiger partial charge < -0.3 is 25.8 Å². The first-order chi connectivity index (χ1) is 17.9. The van der Waals surface area contributed by atoms with Gasteiger partial charge in [0, 0.05) is 28.9 Å². The van der Waals surface area contributed by atoms with E-state index in [2.05, 4.69) is 24.9 Å². The quantitative estimate of drug-likeness (QED) is 0.140. The van der Waals surface area contributed by atoms with Gasteiger partial charge in [0.15, 0.2) is 11.3 Å². The monoisotopic (exact) mass is 541 g/mol. The van der Waals surface area contributed by atoms with Crippen molar-refractivity contribution in [2.24, 2.45) is 5.16 Å². The molecule has 0 unspecified atom stereocenters. The number of carboxylic acid groups (broad SMARTS) is 1. The number of hydrogen-bond acceptors (Lipinski definition) is 12.